The van der Waals surface area contributed by atoms with Crippen molar-refractivity contribution < 1.29 is 9.47 Å². The Morgan fingerprint density at radius 3 is 2.88 bits per heavy atom. The molecule has 2 rings (SSSR count). The number of anilines is 1. The molecule has 3 heteroatoms. The minimum Gasteiger partial charge on any atom is -0.493 e. The van der Waals surface area contributed by atoms with Crippen molar-refractivity contribution in [2.24, 2.45) is 5.92 Å². The van der Waals surface area contributed by atoms with E-state index in [4.69, 9.17) is 15.2 Å². The number of benzene rings is 1. The van der Waals surface area contributed by atoms with Gasteiger partial charge in [-0.05, 0) is 37.3 Å². The van der Waals surface area contributed by atoms with Gasteiger partial charge in [0.15, 0.2) is 0 Å². The Kier molecular flexibility index (Phi) is 3.67. The van der Waals surface area contributed by atoms with Crippen LogP contribution in [0.25, 0.3) is 0 Å². The van der Waals surface area contributed by atoms with Crippen LogP contribution in [0.2, 0.25) is 0 Å². The first-order valence-corrected chi connectivity index (χ1v) is 5.82. The molecule has 0 aliphatic carbocycles. The van der Waals surface area contributed by atoms with E-state index in [-0.39, 0.29) is 0 Å². The summed E-state index contributed by atoms with van der Waals surface area (Å²) in [6.07, 6.45) is 2.20. The van der Waals surface area contributed by atoms with Crippen LogP contribution in [0.1, 0.15) is 18.4 Å². The van der Waals surface area contributed by atoms with Gasteiger partial charge in [0.05, 0.1) is 6.61 Å². The summed E-state index contributed by atoms with van der Waals surface area (Å²) in [6.45, 7) is 4.54. The van der Waals surface area contributed by atoms with Crippen molar-refractivity contribution in [3.05, 3.63) is 23.8 Å². The Morgan fingerprint density at radius 1 is 1.38 bits per heavy atom. The van der Waals surface area contributed by atoms with Gasteiger partial charge in [0.25, 0.3) is 0 Å². The molecule has 16 heavy (non-hydrogen) atoms. The molecule has 1 fully saturated rings. The largest absolute Gasteiger partial charge is 0.493 e. The minimum atomic E-state index is 0.620. The fraction of sp³-hybridized carbons (Fsp3) is 0.538. The van der Waals surface area contributed by atoms with Gasteiger partial charge in [-0.3, -0.25) is 0 Å². The third kappa shape index (κ3) is 2.89. The molecule has 0 spiro atoms. The van der Waals surface area contributed by atoms with E-state index in [1.807, 2.05) is 25.1 Å². The summed E-state index contributed by atoms with van der Waals surface area (Å²) in [5, 5.41) is 0. The molecule has 1 aliphatic rings. The van der Waals surface area contributed by atoms with Gasteiger partial charge in [-0.1, -0.05) is 6.07 Å². The molecule has 1 saturated heterocycles. The van der Waals surface area contributed by atoms with E-state index < -0.39 is 0 Å². The van der Waals surface area contributed by atoms with Gasteiger partial charge in [0, 0.05) is 25.0 Å². The number of rotatable bonds is 3. The van der Waals surface area contributed by atoms with Crippen molar-refractivity contribution in [1.29, 1.82) is 0 Å². The first kappa shape index (κ1) is 11.3. The highest BCUT2D eigenvalue weighted by Crippen LogP contribution is 2.23. The van der Waals surface area contributed by atoms with E-state index in [1.54, 1.807) is 0 Å². The van der Waals surface area contributed by atoms with Crippen molar-refractivity contribution in [2.45, 2.75) is 19.8 Å². The van der Waals surface area contributed by atoms with Gasteiger partial charge in [0.2, 0.25) is 0 Å². The average molecular weight is 221 g/mol. The molecule has 1 aliphatic heterocycles. The highest BCUT2D eigenvalue weighted by Gasteiger charge is 2.14. The molecular formula is C13H19NO2. The van der Waals surface area contributed by atoms with Crippen LogP contribution in [-0.4, -0.2) is 19.8 Å². The summed E-state index contributed by atoms with van der Waals surface area (Å²) in [6, 6.07) is 5.79. The first-order valence-electron chi connectivity index (χ1n) is 5.82. The molecule has 1 aromatic rings. The molecule has 0 saturated carbocycles. The number of hydrogen-bond donors (Lipinski definition) is 1. The molecule has 0 radical (unpaired) electrons. The zero-order valence-corrected chi connectivity index (χ0v) is 9.74. The SMILES string of the molecule is Cc1ccc(N)cc1OCC1CCOCC1. The summed E-state index contributed by atoms with van der Waals surface area (Å²) in [5.41, 5.74) is 7.63. The molecule has 2 N–H and O–H groups in total. The van der Waals surface area contributed by atoms with Crippen LogP contribution in [0.4, 0.5) is 5.69 Å². The summed E-state index contributed by atoms with van der Waals surface area (Å²) in [5.74, 6) is 1.53. The first-order chi connectivity index (χ1) is 7.75. The Labute approximate surface area is 96.5 Å². The lowest BCUT2D eigenvalue weighted by Gasteiger charge is -2.22. The van der Waals surface area contributed by atoms with E-state index >= 15 is 0 Å². The predicted molar refractivity (Wildman–Crippen MR) is 64.6 cm³/mol. The molecule has 88 valence electrons. The van der Waals surface area contributed by atoms with Crippen molar-refractivity contribution in [3.8, 4) is 5.75 Å². The van der Waals surface area contributed by atoms with Crippen LogP contribution in [-0.2, 0) is 4.74 Å². The lowest BCUT2D eigenvalue weighted by molar-refractivity contribution is 0.0496. The van der Waals surface area contributed by atoms with Crippen LogP contribution in [0.15, 0.2) is 18.2 Å². The summed E-state index contributed by atoms with van der Waals surface area (Å²) >= 11 is 0. The van der Waals surface area contributed by atoms with Crippen LogP contribution < -0.4 is 10.5 Å². The topological polar surface area (TPSA) is 44.5 Å². The van der Waals surface area contributed by atoms with Crippen molar-refractivity contribution >= 4 is 5.69 Å². The molecule has 1 aromatic carbocycles. The Morgan fingerprint density at radius 2 is 2.12 bits per heavy atom. The van der Waals surface area contributed by atoms with Gasteiger partial charge in [-0.25, -0.2) is 0 Å². The second kappa shape index (κ2) is 5.21. The molecule has 0 unspecified atom stereocenters. The summed E-state index contributed by atoms with van der Waals surface area (Å²) in [4.78, 5) is 0. The lowest BCUT2D eigenvalue weighted by Crippen LogP contribution is -2.21. The van der Waals surface area contributed by atoms with E-state index in [0.29, 0.717) is 5.92 Å². The highest BCUT2D eigenvalue weighted by atomic mass is 16.5. The summed E-state index contributed by atoms with van der Waals surface area (Å²) < 4.78 is 11.1. The van der Waals surface area contributed by atoms with Crippen molar-refractivity contribution in [2.75, 3.05) is 25.6 Å². The maximum absolute atomic E-state index is 5.82. The Bertz CT molecular complexity index is 346. The molecule has 0 amide bonds. The maximum Gasteiger partial charge on any atom is 0.124 e. The second-order valence-electron chi connectivity index (χ2n) is 4.39. The maximum atomic E-state index is 5.82. The Balaban J connectivity index is 1.90. The van der Waals surface area contributed by atoms with Crippen LogP contribution in [0.5, 0.6) is 5.75 Å². The quantitative estimate of drug-likeness (QED) is 0.797. The third-order valence-corrected chi connectivity index (χ3v) is 3.03. The predicted octanol–water partition coefficient (Wildman–Crippen LogP) is 2.38. The average Bonchev–Trinajstić information content (AvgIpc) is 2.32. The normalized spacial score (nSPS) is 17.3. The molecule has 0 bridgehead atoms. The van der Waals surface area contributed by atoms with E-state index in [1.165, 1.54) is 0 Å². The molecule has 1 heterocycles. The second-order valence-corrected chi connectivity index (χ2v) is 4.39. The van der Waals surface area contributed by atoms with Gasteiger partial charge < -0.3 is 15.2 Å². The number of nitrogen functional groups attached to an aromatic ring is 1. The van der Waals surface area contributed by atoms with E-state index in [2.05, 4.69) is 0 Å². The van der Waals surface area contributed by atoms with Crippen LogP contribution >= 0.6 is 0 Å². The number of aryl methyl sites for hydroxylation is 1. The summed E-state index contributed by atoms with van der Waals surface area (Å²) in [7, 11) is 0. The van der Waals surface area contributed by atoms with Crippen molar-refractivity contribution in [1.82, 2.24) is 0 Å². The third-order valence-electron chi connectivity index (χ3n) is 3.03. The monoisotopic (exact) mass is 221 g/mol. The zero-order valence-electron chi connectivity index (χ0n) is 9.74. The molecule has 3 nitrogen and oxygen atoms in total. The van der Waals surface area contributed by atoms with Gasteiger partial charge in [-0.2, -0.15) is 0 Å². The van der Waals surface area contributed by atoms with Crippen LogP contribution in [0.3, 0.4) is 0 Å². The smallest absolute Gasteiger partial charge is 0.124 e. The molecule has 0 atom stereocenters. The van der Waals surface area contributed by atoms with Gasteiger partial charge in [-0.15, -0.1) is 0 Å². The number of hydrogen-bond acceptors (Lipinski definition) is 3. The number of ether oxygens (including phenoxy) is 2. The number of nitrogens with two attached hydrogens (primary N) is 1. The van der Waals surface area contributed by atoms with Crippen molar-refractivity contribution in [3.63, 3.8) is 0 Å². The fourth-order valence-electron chi connectivity index (χ4n) is 1.89. The van der Waals surface area contributed by atoms with Gasteiger partial charge >= 0.3 is 0 Å². The minimum absolute atomic E-state index is 0.620. The van der Waals surface area contributed by atoms with E-state index in [9.17, 15) is 0 Å². The lowest BCUT2D eigenvalue weighted by atomic mass is 10.0. The zero-order chi connectivity index (χ0) is 11.4. The highest BCUT2D eigenvalue weighted by molar-refractivity contribution is 5.47. The standard InChI is InChI=1S/C13H19NO2/c1-10-2-3-12(14)8-13(10)16-9-11-4-6-15-7-5-11/h2-3,8,11H,4-7,9,14H2,1H3. The fourth-order valence-corrected chi connectivity index (χ4v) is 1.89. The molecule has 0 aromatic heterocycles. The van der Waals surface area contributed by atoms with E-state index in [0.717, 1.165) is 49.7 Å². The van der Waals surface area contributed by atoms with Crippen LogP contribution in [0, 0.1) is 12.8 Å². The molecular weight excluding hydrogens is 202 g/mol. The van der Waals surface area contributed by atoms with Gasteiger partial charge in [0.1, 0.15) is 5.75 Å². The Hall–Kier alpha value is -1.22.